The van der Waals surface area contributed by atoms with Crippen molar-refractivity contribution in [2.45, 2.75) is 25.6 Å². The van der Waals surface area contributed by atoms with Crippen LogP contribution in [0.15, 0.2) is 17.1 Å². The molecule has 0 amide bonds. The fourth-order valence-corrected chi connectivity index (χ4v) is 2.19. The number of ether oxygens (including phenoxy) is 1. The summed E-state index contributed by atoms with van der Waals surface area (Å²) in [6, 6.07) is 1.27. The Morgan fingerprint density at radius 2 is 2.16 bits per heavy atom. The van der Waals surface area contributed by atoms with Gasteiger partial charge in [-0.05, 0) is 13.8 Å². The number of aromatic nitrogens is 2. The Labute approximate surface area is 112 Å². The SMILES string of the molecule is CC(C)S(=O)(=O)CCn1ncc(OCCN)cc1=O. The van der Waals surface area contributed by atoms with Crippen LogP contribution in [0.3, 0.4) is 0 Å². The smallest absolute Gasteiger partial charge is 0.270 e. The molecule has 7 nitrogen and oxygen atoms in total. The lowest BCUT2D eigenvalue weighted by Gasteiger charge is -2.09. The summed E-state index contributed by atoms with van der Waals surface area (Å²) in [6.45, 7) is 3.89. The average molecular weight is 289 g/mol. The number of nitrogens with two attached hydrogens (primary N) is 1. The van der Waals surface area contributed by atoms with Crippen LogP contribution >= 0.6 is 0 Å². The molecular weight excluding hydrogens is 270 g/mol. The highest BCUT2D eigenvalue weighted by Gasteiger charge is 2.16. The molecule has 0 saturated carbocycles. The second-order valence-electron chi connectivity index (χ2n) is 4.31. The van der Waals surface area contributed by atoms with E-state index in [2.05, 4.69) is 5.10 Å². The van der Waals surface area contributed by atoms with Gasteiger partial charge in [-0.2, -0.15) is 5.10 Å². The van der Waals surface area contributed by atoms with Gasteiger partial charge in [-0.15, -0.1) is 0 Å². The fraction of sp³-hybridized carbons (Fsp3) is 0.636. The van der Waals surface area contributed by atoms with Crippen molar-refractivity contribution in [2.24, 2.45) is 5.73 Å². The van der Waals surface area contributed by atoms with Crippen LogP contribution in [0.2, 0.25) is 0 Å². The maximum Gasteiger partial charge on any atom is 0.270 e. The van der Waals surface area contributed by atoms with Crippen LogP contribution in [0.5, 0.6) is 5.75 Å². The zero-order chi connectivity index (χ0) is 14.5. The summed E-state index contributed by atoms with van der Waals surface area (Å²) < 4.78 is 29.5. The van der Waals surface area contributed by atoms with Crippen LogP contribution in [-0.2, 0) is 16.4 Å². The number of nitrogens with zero attached hydrogens (tertiary/aromatic N) is 2. The average Bonchev–Trinajstić information content (AvgIpc) is 2.35. The van der Waals surface area contributed by atoms with Crippen molar-refractivity contribution in [2.75, 3.05) is 18.9 Å². The van der Waals surface area contributed by atoms with Gasteiger partial charge >= 0.3 is 0 Å². The Balaban J connectivity index is 2.73. The van der Waals surface area contributed by atoms with E-state index in [4.69, 9.17) is 10.5 Å². The topological polar surface area (TPSA) is 104 Å². The Hall–Kier alpha value is -1.41. The second kappa shape index (κ2) is 6.67. The highest BCUT2D eigenvalue weighted by Crippen LogP contribution is 2.04. The molecule has 0 atom stereocenters. The molecule has 19 heavy (non-hydrogen) atoms. The van der Waals surface area contributed by atoms with Crippen LogP contribution in [0.25, 0.3) is 0 Å². The Morgan fingerprint density at radius 3 is 2.68 bits per heavy atom. The third-order valence-corrected chi connectivity index (χ3v) is 4.72. The molecule has 0 fully saturated rings. The summed E-state index contributed by atoms with van der Waals surface area (Å²) in [6.07, 6.45) is 1.37. The van der Waals surface area contributed by atoms with Gasteiger partial charge in [0.05, 0.1) is 23.7 Å². The number of hydrogen-bond donors (Lipinski definition) is 1. The van der Waals surface area contributed by atoms with Crippen molar-refractivity contribution in [3.05, 3.63) is 22.6 Å². The Bertz CT molecular complexity index is 566. The van der Waals surface area contributed by atoms with Gasteiger partial charge in [0.1, 0.15) is 12.4 Å². The van der Waals surface area contributed by atoms with Gasteiger partial charge < -0.3 is 10.5 Å². The molecule has 0 unspecified atom stereocenters. The summed E-state index contributed by atoms with van der Waals surface area (Å²) in [5, 5.41) is 3.40. The molecular formula is C11H19N3O4S. The van der Waals surface area contributed by atoms with Crippen LogP contribution in [0, 0.1) is 0 Å². The summed E-state index contributed by atoms with van der Waals surface area (Å²) in [7, 11) is -3.18. The van der Waals surface area contributed by atoms with Crippen LogP contribution < -0.4 is 16.0 Å². The van der Waals surface area contributed by atoms with Crippen molar-refractivity contribution in [1.82, 2.24) is 9.78 Å². The maximum atomic E-state index is 11.7. The van der Waals surface area contributed by atoms with Crippen molar-refractivity contribution in [3.63, 3.8) is 0 Å². The summed E-state index contributed by atoms with van der Waals surface area (Å²) in [4.78, 5) is 11.7. The predicted molar refractivity (Wildman–Crippen MR) is 72.0 cm³/mol. The van der Waals surface area contributed by atoms with Crippen molar-refractivity contribution in [3.8, 4) is 5.75 Å². The molecule has 0 saturated heterocycles. The lowest BCUT2D eigenvalue weighted by atomic mass is 10.5. The normalized spacial score (nSPS) is 11.8. The summed E-state index contributed by atoms with van der Waals surface area (Å²) in [5.41, 5.74) is 4.88. The zero-order valence-electron chi connectivity index (χ0n) is 11.1. The first kappa shape index (κ1) is 15.6. The van der Waals surface area contributed by atoms with E-state index in [9.17, 15) is 13.2 Å². The zero-order valence-corrected chi connectivity index (χ0v) is 11.9. The molecule has 0 aromatic carbocycles. The van der Waals surface area contributed by atoms with E-state index < -0.39 is 20.6 Å². The molecule has 0 aliphatic heterocycles. The van der Waals surface area contributed by atoms with Crippen molar-refractivity contribution in [1.29, 1.82) is 0 Å². The summed E-state index contributed by atoms with van der Waals surface area (Å²) in [5.74, 6) is 0.221. The number of rotatable bonds is 7. The first-order valence-electron chi connectivity index (χ1n) is 5.98. The van der Waals surface area contributed by atoms with E-state index in [0.717, 1.165) is 4.68 Å². The quantitative estimate of drug-likeness (QED) is 0.719. The Kier molecular flexibility index (Phi) is 5.49. The number of hydrogen-bond acceptors (Lipinski definition) is 6. The molecule has 1 heterocycles. The van der Waals surface area contributed by atoms with E-state index in [1.165, 1.54) is 12.3 Å². The van der Waals surface area contributed by atoms with E-state index in [-0.39, 0.29) is 12.3 Å². The number of sulfone groups is 1. The Morgan fingerprint density at radius 1 is 1.47 bits per heavy atom. The fourth-order valence-electron chi connectivity index (χ4n) is 1.29. The highest BCUT2D eigenvalue weighted by molar-refractivity contribution is 7.91. The third kappa shape index (κ3) is 4.64. The van der Waals surface area contributed by atoms with Gasteiger partial charge in [-0.25, -0.2) is 13.1 Å². The molecule has 0 radical (unpaired) electrons. The lowest BCUT2D eigenvalue weighted by molar-refractivity contribution is 0.324. The van der Waals surface area contributed by atoms with Crippen LogP contribution in [-0.4, -0.2) is 42.4 Å². The highest BCUT2D eigenvalue weighted by atomic mass is 32.2. The minimum Gasteiger partial charge on any atom is -0.490 e. The second-order valence-corrected chi connectivity index (χ2v) is 6.98. The first-order valence-corrected chi connectivity index (χ1v) is 7.70. The minimum atomic E-state index is -3.18. The molecule has 0 aliphatic carbocycles. The molecule has 0 spiro atoms. The van der Waals surface area contributed by atoms with Crippen molar-refractivity contribution >= 4 is 9.84 Å². The minimum absolute atomic E-state index is 0.0382. The lowest BCUT2D eigenvalue weighted by Crippen LogP contribution is -2.28. The van der Waals surface area contributed by atoms with Gasteiger partial charge in [0, 0.05) is 12.6 Å². The third-order valence-electron chi connectivity index (χ3n) is 2.54. The van der Waals surface area contributed by atoms with Crippen LogP contribution in [0.4, 0.5) is 0 Å². The molecule has 2 N–H and O–H groups in total. The molecule has 1 aromatic heterocycles. The molecule has 8 heteroatoms. The maximum absolute atomic E-state index is 11.7. The molecule has 1 rings (SSSR count). The van der Waals surface area contributed by atoms with Crippen LogP contribution in [0.1, 0.15) is 13.8 Å². The van der Waals surface area contributed by atoms with Gasteiger partial charge in [-0.1, -0.05) is 0 Å². The predicted octanol–water partition coefficient (Wildman–Crippen LogP) is -0.596. The standard InChI is InChI=1S/C11H19N3O4S/c1-9(2)19(16,17)6-4-14-11(15)7-10(8-13-14)18-5-3-12/h7-9H,3-6,12H2,1-2H3. The summed E-state index contributed by atoms with van der Waals surface area (Å²) >= 11 is 0. The first-order chi connectivity index (χ1) is 8.86. The molecule has 108 valence electrons. The van der Waals surface area contributed by atoms with E-state index >= 15 is 0 Å². The van der Waals surface area contributed by atoms with E-state index in [1.54, 1.807) is 13.8 Å². The molecule has 0 bridgehead atoms. The van der Waals surface area contributed by atoms with E-state index in [0.29, 0.717) is 18.9 Å². The molecule has 0 aliphatic rings. The van der Waals surface area contributed by atoms with Crippen molar-refractivity contribution < 1.29 is 13.2 Å². The largest absolute Gasteiger partial charge is 0.490 e. The van der Waals surface area contributed by atoms with E-state index in [1.807, 2.05) is 0 Å². The van der Waals surface area contributed by atoms with Gasteiger partial charge in [0.25, 0.3) is 5.56 Å². The van der Waals surface area contributed by atoms with Gasteiger partial charge in [-0.3, -0.25) is 4.79 Å². The molecule has 1 aromatic rings. The number of aryl methyl sites for hydroxylation is 1. The van der Waals surface area contributed by atoms with Gasteiger partial charge in [0.15, 0.2) is 9.84 Å². The van der Waals surface area contributed by atoms with Gasteiger partial charge in [0.2, 0.25) is 0 Å². The monoisotopic (exact) mass is 289 g/mol.